The molecule has 3 heteroatoms. The number of nitrogens with zero attached hydrogens (tertiary/aromatic N) is 1. The number of thiophene rings is 1. The van der Waals surface area contributed by atoms with E-state index in [4.69, 9.17) is 0 Å². The maximum absolute atomic E-state index is 12.3. The summed E-state index contributed by atoms with van der Waals surface area (Å²) in [6.45, 7) is 0. The number of aryl methyl sites for hydroxylation is 2. The quantitative estimate of drug-likeness (QED) is 0.627. The number of pyridine rings is 1. The molecule has 1 aliphatic rings. The molecular formula is C16H17NOS. The summed E-state index contributed by atoms with van der Waals surface area (Å²) < 4.78 is 0. The fourth-order valence-corrected chi connectivity index (χ4v) is 3.75. The van der Waals surface area contributed by atoms with Crippen molar-refractivity contribution in [2.24, 2.45) is 0 Å². The number of rotatable bonds is 3. The zero-order valence-electron chi connectivity index (χ0n) is 10.9. The number of hydrogen-bond acceptors (Lipinski definition) is 3. The SMILES string of the molecule is O=C(Cc1ccccn1)c1cc2c(s1)CCCCC2. The molecule has 0 N–H and O–H groups in total. The van der Waals surface area contributed by atoms with E-state index >= 15 is 0 Å². The van der Waals surface area contributed by atoms with Gasteiger partial charge in [0.15, 0.2) is 5.78 Å². The number of fused-ring (bicyclic) bond motifs is 1. The molecule has 98 valence electrons. The van der Waals surface area contributed by atoms with Crippen LogP contribution in [-0.2, 0) is 19.3 Å². The van der Waals surface area contributed by atoms with Crippen molar-refractivity contribution in [3.8, 4) is 0 Å². The lowest BCUT2D eigenvalue weighted by Crippen LogP contribution is -2.02. The molecule has 0 bridgehead atoms. The summed E-state index contributed by atoms with van der Waals surface area (Å²) in [4.78, 5) is 18.9. The van der Waals surface area contributed by atoms with E-state index in [0.29, 0.717) is 6.42 Å². The van der Waals surface area contributed by atoms with Crippen LogP contribution in [0, 0.1) is 0 Å². The third kappa shape index (κ3) is 2.92. The summed E-state index contributed by atoms with van der Waals surface area (Å²) in [6.07, 6.45) is 8.30. The lowest BCUT2D eigenvalue weighted by molar-refractivity contribution is 0.0995. The Kier molecular flexibility index (Phi) is 3.74. The Hall–Kier alpha value is -1.48. The fourth-order valence-electron chi connectivity index (χ4n) is 2.56. The van der Waals surface area contributed by atoms with Crippen LogP contribution in [0.1, 0.15) is 45.1 Å². The van der Waals surface area contributed by atoms with E-state index in [1.807, 2.05) is 18.2 Å². The van der Waals surface area contributed by atoms with Crippen LogP contribution in [0.5, 0.6) is 0 Å². The minimum absolute atomic E-state index is 0.205. The normalized spacial score (nSPS) is 14.7. The molecule has 0 fully saturated rings. The van der Waals surface area contributed by atoms with E-state index in [9.17, 15) is 4.79 Å². The average Bonchev–Trinajstić information content (AvgIpc) is 2.72. The molecule has 0 saturated heterocycles. The van der Waals surface area contributed by atoms with Gasteiger partial charge in [-0.2, -0.15) is 0 Å². The van der Waals surface area contributed by atoms with Gasteiger partial charge in [0.2, 0.25) is 0 Å². The number of carbonyl (C=O) groups excluding carboxylic acids is 1. The molecule has 1 aliphatic carbocycles. The van der Waals surface area contributed by atoms with Gasteiger partial charge in [0.25, 0.3) is 0 Å². The summed E-state index contributed by atoms with van der Waals surface area (Å²) in [6, 6.07) is 7.84. The molecule has 0 radical (unpaired) electrons. The highest BCUT2D eigenvalue weighted by molar-refractivity contribution is 7.14. The molecule has 0 atom stereocenters. The summed E-state index contributed by atoms with van der Waals surface area (Å²) in [5.74, 6) is 0.205. The zero-order valence-corrected chi connectivity index (χ0v) is 11.7. The number of ketones is 1. The monoisotopic (exact) mass is 271 g/mol. The van der Waals surface area contributed by atoms with Crippen molar-refractivity contribution in [2.75, 3.05) is 0 Å². The molecule has 0 saturated carbocycles. The van der Waals surface area contributed by atoms with Crippen LogP contribution in [0.4, 0.5) is 0 Å². The maximum atomic E-state index is 12.3. The van der Waals surface area contributed by atoms with Gasteiger partial charge >= 0.3 is 0 Å². The van der Waals surface area contributed by atoms with Gasteiger partial charge in [-0.05, 0) is 49.4 Å². The minimum atomic E-state index is 0.205. The summed E-state index contributed by atoms with van der Waals surface area (Å²) in [5, 5.41) is 0. The molecule has 0 aromatic carbocycles. The summed E-state index contributed by atoms with van der Waals surface area (Å²) >= 11 is 1.70. The first-order valence-corrected chi connectivity index (χ1v) is 7.69. The predicted octanol–water partition coefficient (Wildman–Crippen LogP) is 3.84. The highest BCUT2D eigenvalue weighted by Crippen LogP contribution is 2.29. The van der Waals surface area contributed by atoms with E-state index in [0.717, 1.165) is 23.4 Å². The van der Waals surface area contributed by atoms with Gasteiger partial charge in [-0.15, -0.1) is 11.3 Å². The van der Waals surface area contributed by atoms with E-state index in [2.05, 4.69) is 11.1 Å². The van der Waals surface area contributed by atoms with Gasteiger partial charge < -0.3 is 0 Å². The van der Waals surface area contributed by atoms with Crippen LogP contribution >= 0.6 is 11.3 Å². The standard InChI is InChI=1S/C16H17NOS/c18-14(11-13-7-4-5-9-17-13)16-10-12-6-2-1-3-8-15(12)19-16/h4-5,7,9-10H,1-3,6,8,11H2. The predicted molar refractivity (Wildman–Crippen MR) is 77.8 cm³/mol. The lowest BCUT2D eigenvalue weighted by atomic mass is 10.1. The number of aromatic nitrogens is 1. The topological polar surface area (TPSA) is 30.0 Å². The molecule has 0 aliphatic heterocycles. The fraction of sp³-hybridized carbons (Fsp3) is 0.375. The van der Waals surface area contributed by atoms with Gasteiger partial charge in [0.05, 0.1) is 11.3 Å². The average molecular weight is 271 g/mol. The number of hydrogen-bond donors (Lipinski definition) is 0. The maximum Gasteiger partial charge on any atom is 0.178 e. The van der Waals surface area contributed by atoms with Crippen LogP contribution in [0.2, 0.25) is 0 Å². The molecule has 2 nitrogen and oxygen atoms in total. The largest absolute Gasteiger partial charge is 0.293 e. The second-order valence-electron chi connectivity index (χ2n) is 5.04. The highest BCUT2D eigenvalue weighted by atomic mass is 32.1. The van der Waals surface area contributed by atoms with Crippen molar-refractivity contribution in [1.82, 2.24) is 4.98 Å². The molecule has 0 spiro atoms. The van der Waals surface area contributed by atoms with Gasteiger partial charge in [0.1, 0.15) is 0 Å². The molecule has 2 aromatic heterocycles. The molecule has 2 aromatic rings. The van der Waals surface area contributed by atoms with E-state index in [1.165, 1.54) is 29.7 Å². The van der Waals surface area contributed by atoms with Crippen LogP contribution < -0.4 is 0 Å². The molecule has 3 rings (SSSR count). The first kappa shape index (κ1) is 12.5. The van der Waals surface area contributed by atoms with Crippen molar-refractivity contribution in [3.05, 3.63) is 51.5 Å². The van der Waals surface area contributed by atoms with Gasteiger partial charge in [-0.3, -0.25) is 9.78 Å². The third-order valence-corrected chi connectivity index (χ3v) is 4.87. The van der Waals surface area contributed by atoms with E-state index in [-0.39, 0.29) is 5.78 Å². The van der Waals surface area contributed by atoms with Crippen molar-refractivity contribution in [3.63, 3.8) is 0 Å². The van der Waals surface area contributed by atoms with Crippen molar-refractivity contribution >= 4 is 17.1 Å². The Bertz CT molecular complexity index is 550. The van der Waals surface area contributed by atoms with Crippen molar-refractivity contribution in [2.45, 2.75) is 38.5 Å². The van der Waals surface area contributed by atoms with Crippen LogP contribution in [0.25, 0.3) is 0 Å². The van der Waals surface area contributed by atoms with Crippen LogP contribution in [0.3, 0.4) is 0 Å². The molecule has 19 heavy (non-hydrogen) atoms. The van der Waals surface area contributed by atoms with Gasteiger partial charge in [-0.1, -0.05) is 12.5 Å². The summed E-state index contributed by atoms with van der Waals surface area (Å²) in [7, 11) is 0. The Morgan fingerprint density at radius 3 is 2.95 bits per heavy atom. The molecule has 0 unspecified atom stereocenters. The second kappa shape index (κ2) is 5.66. The zero-order chi connectivity index (χ0) is 13.1. The van der Waals surface area contributed by atoms with Gasteiger partial charge in [-0.25, -0.2) is 0 Å². The second-order valence-corrected chi connectivity index (χ2v) is 6.18. The number of carbonyl (C=O) groups is 1. The van der Waals surface area contributed by atoms with Crippen molar-refractivity contribution in [1.29, 1.82) is 0 Å². The minimum Gasteiger partial charge on any atom is -0.293 e. The summed E-state index contributed by atoms with van der Waals surface area (Å²) in [5.41, 5.74) is 2.27. The van der Waals surface area contributed by atoms with Gasteiger partial charge in [0, 0.05) is 16.8 Å². The first-order chi connectivity index (χ1) is 9.33. The molecule has 0 amide bonds. The van der Waals surface area contributed by atoms with E-state index < -0.39 is 0 Å². The Morgan fingerprint density at radius 2 is 2.11 bits per heavy atom. The van der Waals surface area contributed by atoms with Crippen LogP contribution in [0.15, 0.2) is 30.5 Å². The number of Topliss-reactive ketones (excluding diaryl/α,β-unsaturated/α-hetero) is 1. The third-order valence-electron chi connectivity index (χ3n) is 3.59. The Balaban J connectivity index is 1.77. The Morgan fingerprint density at radius 1 is 1.21 bits per heavy atom. The molecule has 2 heterocycles. The highest BCUT2D eigenvalue weighted by Gasteiger charge is 2.16. The Labute approximate surface area is 117 Å². The van der Waals surface area contributed by atoms with Crippen LogP contribution in [-0.4, -0.2) is 10.8 Å². The first-order valence-electron chi connectivity index (χ1n) is 6.87. The lowest BCUT2D eigenvalue weighted by Gasteiger charge is -1.97. The van der Waals surface area contributed by atoms with E-state index in [1.54, 1.807) is 17.5 Å². The smallest absolute Gasteiger partial charge is 0.178 e. The molecular weight excluding hydrogens is 254 g/mol. The van der Waals surface area contributed by atoms with Crippen molar-refractivity contribution < 1.29 is 4.79 Å².